The van der Waals surface area contributed by atoms with Gasteiger partial charge in [0.1, 0.15) is 11.5 Å². The average Bonchev–Trinajstić information content (AvgIpc) is 2.30. The van der Waals surface area contributed by atoms with Crippen LogP contribution in [-0.4, -0.2) is 24.5 Å². The molecule has 0 aliphatic carbocycles. The van der Waals surface area contributed by atoms with Crippen LogP contribution in [0.1, 0.15) is 33.6 Å². The third kappa shape index (κ3) is 2.66. The molecule has 0 atom stereocenters. The molecule has 18 heavy (non-hydrogen) atoms. The summed E-state index contributed by atoms with van der Waals surface area (Å²) in [6.45, 7) is 7.72. The van der Waals surface area contributed by atoms with E-state index in [9.17, 15) is 4.79 Å². The highest BCUT2D eigenvalue weighted by Gasteiger charge is 2.33. The largest absolute Gasteiger partial charge is 0.494 e. The van der Waals surface area contributed by atoms with Crippen LogP contribution in [-0.2, 0) is 4.79 Å². The minimum Gasteiger partial charge on any atom is -0.494 e. The zero-order valence-corrected chi connectivity index (χ0v) is 11.4. The van der Waals surface area contributed by atoms with E-state index in [0.717, 1.165) is 18.0 Å². The van der Waals surface area contributed by atoms with E-state index in [1.54, 1.807) is 0 Å². The van der Waals surface area contributed by atoms with E-state index in [2.05, 4.69) is 30.9 Å². The van der Waals surface area contributed by atoms with Gasteiger partial charge in [-0.2, -0.15) is 0 Å². The summed E-state index contributed by atoms with van der Waals surface area (Å²) in [6.07, 6.45) is 1.27. The Bertz CT molecular complexity index is 423. The van der Waals surface area contributed by atoms with Crippen molar-refractivity contribution in [3.63, 3.8) is 0 Å². The number of carbonyl (C=O) groups excluding carboxylic acids is 1. The molecule has 1 heterocycles. The van der Waals surface area contributed by atoms with Crippen molar-refractivity contribution in [3.05, 3.63) is 24.3 Å². The van der Waals surface area contributed by atoms with Crippen molar-refractivity contribution in [3.8, 4) is 5.75 Å². The fourth-order valence-electron chi connectivity index (χ4n) is 2.57. The van der Waals surface area contributed by atoms with Crippen molar-refractivity contribution in [2.24, 2.45) is 0 Å². The lowest BCUT2D eigenvalue weighted by molar-refractivity contribution is -0.121. The minimum absolute atomic E-state index is 0.0948. The van der Waals surface area contributed by atoms with Crippen molar-refractivity contribution in [1.29, 1.82) is 0 Å². The molecular weight excluding hydrogens is 226 g/mol. The first-order valence-corrected chi connectivity index (χ1v) is 6.55. The van der Waals surface area contributed by atoms with Gasteiger partial charge in [0.15, 0.2) is 0 Å². The monoisotopic (exact) mass is 247 g/mol. The van der Waals surface area contributed by atoms with Crippen LogP contribution in [0.2, 0.25) is 0 Å². The second-order valence-electron chi connectivity index (χ2n) is 5.36. The smallest absolute Gasteiger partial charge is 0.136 e. The number of nitrogens with zero attached hydrogens (tertiary/aromatic N) is 1. The predicted molar refractivity (Wildman–Crippen MR) is 73.3 cm³/mol. The molecule has 98 valence electrons. The normalized spacial score (nSPS) is 18.8. The molecule has 0 bridgehead atoms. The zero-order valence-electron chi connectivity index (χ0n) is 11.4. The van der Waals surface area contributed by atoms with Crippen LogP contribution in [0.4, 0.5) is 5.69 Å². The van der Waals surface area contributed by atoms with Crippen LogP contribution >= 0.6 is 0 Å². The fraction of sp³-hybridized carbons (Fsp3) is 0.533. The molecule has 2 rings (SSSR count). The Balaban J connectivity index is 2.17. The summed E-state index contributed by atoms with van der Waals surface area (Å²) in [4.78, 5) is 13.9. The van der Waals surface area contributed by atoms with Crippen molar-refractivity contribution < 1.29 is 9.53 Å². The van der Waals surface area contributed by atoms with E-state index >= 15 is 0 Å². The Kier molecular flexibility index (Phi) is 3.60. The minimum atomic E-state index is -0.0948. The number of rotatable bonds is 3. The first-order chi connectivity index (χ1) is 8.53. The number of hydrogen-bond donors (Lipinski definition) is 0. The Morgan fingerprint density at radius 3 is 2.50 bits per heavy atom. The molecule has 1 aliphatic rings. The quantitative estimate of drug-likeness (QED) is 0.822. The molecular formula is C15H21NO2. The van der Waals surface area contributed by atoms with Gasteiger partial charge in [-0.1, -0.05) is 0 Å². The molecule has 1 fully saturated rings. The van der Waals surface area contributed by atoms with Crippen LogP contribution < -0.4 is 9.64 Å². The number of piperidine rings is 1. The van der Waals surface area contributed by atoms with Gasteiger partial charge < -0.3 is 9.64 Å². The second-order valence-corrected chi connectivity index (χ2v) is 5.36. The van der Waals surface area contributed by atoms with Crippen molar-refractivity contribution in [2.75, 3.05) is 18.1 Å². The highest BCUT2D eigenvalue weighted by atomic mass is 16.5. The standard InChI is InChI=1S/C15H21NO2/c1-4-18-14-7-5-12(6-8-14)16-10-9-13(17)11-15(16,2)3/h5-8H,4,9-11H2,1-3H3. The number of ether oxygens (including phenoxy) is 1. The molecule has 3 nitrogen and oxygen atoms in total. The van der Waals surface area contributed by atoms with Gasteiger partial charge in [-0.15, -0.1) is 0 Å². The number of hydrogen-bond acceptors (Lipinski definition) is 3. The van der Waals surface area contributed by atoms with Crippen LogP contribution in [0.25, 0.3) is 0 Å². The Morgan fingerprint density at radius 2 is 1.94 bits per heavy atom. The lowest BCUT2D eigenvalue weighted by Gasteiger charge is -2.43. The van der Waals surface area contributed by atoms with Crippen LogP contribution in [0.5, 0.6) is 5.75 Å². The summed E-state index contributed by atoms with van der Waals surface area (Å²) < 4.78 is 5.44. The van der Waals surface area contributed by atoms with E-state index in [1.165, 1.54) is 0 Å². The second kappa shape index (κ2) is 5.01. The highest BCUT2D eigenvalue weighted by Crippen LogP contribution is 2.31. The van der Waals surface area contributed by atoms with Crippen LogP contribution in [0.15, 0.2) is 24.3 Å². The van der Waals surface area contributed by atoms with Gasteiger partial charge in [0.2, 0.25) is 0 Å². The number of benzene rings is 1. The first-order valence-electron chi connectivity index (χ1n) is 6.55. The Hall–Kier alpha value is -1.51. The number of anilines is 1. The third-order valence-corrected chi connectivity index (χ3v) is 3.43. The summed E-state index contributed by atoms with van der Waals surface area (Å²) in [7, 11) is 0. The Labute approximate surface area is 109 Å². The Morgan fingerprint density at radius 1 is 1.28 bits per heavy atom. The SMILES string of the molecule is CCOc1ccc(N2CCC(=O)CC2(C)C)cc1. The van der Waals surface area contributed by atoms with E-state index in [-0.39, 0.29) is 5.54 Å². The van der Waals surface area contributed by atoms with Gasteiger partial charge in [0.25, 0.3) is 0 Å². The molecule has 0 N–H and O–H groups in total. The molecule has 0 spiro atoms. The van der Waals surface area contributed by atoms with Gasteiger partial charge in [0.05, 0.1) is 6.61 Å². The molecule has 0 saturated carbocycles. The lowest BCUT2D eigenvalue weighted by Crippen LogP contribution is -2.50. The molecule has 0 amide bonds. The van der Waals surface area contributed by atoms with E-state index in [1.807, 2.05) is 19.1 Å². The van der Waals surface area contributed by atoms with Crippen LogP contribution in [0, 0.1) is 0 Å². The van der Waals surface area contributed by atoms with Gasteiger partial charge in [-0.25, -0.2) is 0 Å². The molecule has 1 aromatic carbocycles. The highest BCUT2D eigenvalue weighted by molar-refractivity contribution is 5.82. The summed E-state index contributed by atoms with van der Waals surface area (Å²) in [5.41, 5.74) is 1.07. The maximum atomic E-state index is 11.5. The lowest BCUT2D eigenvalue weighted by atomic mass is 9.89. The van der Waals surface area contributed by atoms with Gasteiger partial charge in [-0.3, -0.25) is 4.79 Å². The van der Waals surface area contributed by atoms with Gasteiger partial charge in [-0.05, 0) is 45.0 Å². The molecule has 0 aromatic heterocycles. The number of carbonyl (C=O) groups is 1. The van der Waals surface area contributed by atoms with E-state index in [4.69, 9.17) is 4.74 Å². The average molecular weight is 247 g/mol. The summed E-state index contributed by atoms with van der Waals surface area (Å²) in [6, 6.07) is 8.13. The molecule has 0 unspecified atom stereocenters. The topological polar surface area (TPSA) is 29.5 Å². The fourth-order valence-corrected chi connectivity index (χ4v) is 2.57. The molecule has 0 radical (unpaired) electrons. The summed E-state index contributed by atoms with van der Waals surface area (Å²) in [5.74, 6) is 1.26. The molecule has 1 aliphatic heterocycles. The third-order valence-electron chi connectivity index (χ3n) is 3.43. The number of Topliss-reactive ketones (excluding diaryl/α,β-unsaturated/α-hetero) is 1. The van der Waals surface area contributed by atoms with Crippen LogP contribution in [0.3, 0.4) is 0 Å². The van der Waals surface area contributed by atoms with E-state index in [0.29, 0.717) is 25.2 Å². The summed E-state index contributed by atoms with van der Waals surface area (Å²) >= 11 is 0. The van der Waals surface area contributed by atoms with Crippen molar-refractivity contribution in [2.45, 2.75) is 39.2 Å². The zero-order chi connectivity index (χ0) is 13.2. The van der Waals surface area contributed by atoms with Gasteiger partial charge in [0, 0.05) is 30.6 Å². The van der Waals surface area contributed by atoms with Crippen molar-refractivity contribution >= 4 is 11.5 Å². The first kappa shape index (κ1) is 12.9. The summed E-state index contributed by atoms with van der Waals surface area (Å²) in [5, 5.41) is 0. The van der Waals surface area contributed by atoms with Crippen molar-refractivity contribution in [1.82, 2.24) is 0 Å². The number of ketones is 1. The molecule has 1 saturated heterocycles. The van der Waals surface area contributed by atoms with Gasteiger partial charge >= 0.3 is 0 Å². The maximum absolute atomic E-state index is 11.5. The molecule has 3 heteroatoms. The molecule has 1 aromatic rings. The predicted octanol–water partition coefficient (Wildman–Crippen LogP) is 3.03. The van der Waals surface area contributed by atoms with E-state index < -0.39 is 0 Å². The maximum Gasteiger partial charge on any atom is 0.136 e.